The second kappa shape index (κ2) is 7.83. The molecule has 0 aromatic carbocycles. The highest BCUT2D eigenvalue weighted by atomic mass is 35.5. The molecule has 74 valence electrons. The van der Waals surface area contributed by atoms with Gasteiger partial charge in [0.05, 0.1) is 6.61 Å². The molecule has 5 heteroatoms. The first-order chi connectivity index (χ1) is 5.34. The summed E-state index contributed by atoms with van der Waals surface area (Å²) < 4.78 is 4.95. The van der Waals surface area contributed by atoms with Gasteiger partial charge >= 0.3 is 0 Å². The molecule has 3 nitrogen and oxygen atoms in total. The van der Waals surface area contributed by atoms with Crippen LogP contribution < -0.4 is 0 Å². The Morgan fingerprint density at radius 2 is 2.15 bits per heavy atom. The van der Waals surface area contributed by atoms with Crippen LogP contribution in [0, 0.1) is 5.41 Å². The molecule has 0 spiro atoms. The van der Waals surface area contributed by atoms with Crippen LogP contribution in [0.5, 0.6) is 0 Å². The number of pyridine rings is 1. The molecule has 1 N–H and O–H groups in total. The van der Waals surface area contributed by atoms with Gasteiger partial charge in [-0.3, -0.25) is 10.4 Å². The molecule has 13 heavy (non-hydrogen) atoms. The Hall–Kier alpha value is -0.800. The molecule has 0 aliphatic carbocycles. The molecule has 0 fully saturated rings. The average molecular weight is 223 g/mol. The van der Waals surface area contributed by atoms with E-state index in [1.54, 1.807) is 12.3 Å². The highest BCUT2D eigenvalue weighted by Crippen LogP contribution is 1.95. The van der Waals surface area contributed by atoms with Gasteiger partial charge in [-0.15, -0.1) is 24.8 Å². The maximum Gasteiger partial charge on any atom is 0.232 e. The van der Waals surface area contributed by atoms with E-state index in [2.05, 4.69) is 4.98 Å². The zero-order chi connectivity index (χ0) is 8.10. The lowest BCUT2D eigenvalue weighted by Gasteiger charge is -2.01. The van der Waals surface area contributed by atoms with Crippen LogP contribution in [-0.2, 0) is 4.74 Å². The Labute approximate surface area is 89.9 Å². The van der Waals surface area contributed by atoms with E-state index in [9.17, 15) is 0 Å². The van der Waals surface area contributed by atoms with Crippen molar-refractivity contribution in [1.29, 1.82) is 5.41 Å². The summed E-state index contributed by atoms with van der Waals surface area (Å²) in [5.74, 6) is 0.133. The highest BCUT2D eigenvalue weighted by Gasteiger charge is 1.99. The molecule has 0 unspecified atom stereocenters. The van der Waals surface area contributed by atoms with Crippen LogP contribution in [0.3, 0.4) is 0 Å². The number of aromatic nitrogens is 1. The molecular weight excluding hydrogens is 211 g/mol. The summed E-state index contributed by atoms with van der Waals surface area (Å²) in [6.07, 6.45) is 1.64. The van der Waals surface area contributed by atoms with E-state index in [0.29, 0.717) is 12.3 Å². The number of ether oxygens (including phenoxy) is 1. The van der Waals surface area contributed by atoms with Crippen molar-refractivity contribution in [2.45, 2.75) is 6.92 Å². The van der Waals surface area contributed by atoms with Gasteiger partial charge in [0.25, 0.3) is 0 Å². The van der Waals surface area contributed by atoms with Crippen LogP contribution in [0.4, 0.5) is 0 Å². The van der Waals surface area contributed by atoms with Crippen LogP contribution in [-0.4, -0.2) is 17.5 Å². The molecular formula is C8H12Cl2N2O. The fourth-order valence-corrected chi connectivity index (χ4v) is 0.715. The second-order valence-corrected chi connectivity index (χ2v) is 1.98. The second-order valence-electron chi connectivity index (χ2n) is 1.98. The summed E-state index contributed by atoms with van der Waals surface area (Å²) in [4.78, 5) is 3.95. The normalized spacial score (nSPS) is 7.77. The van der Waals surface area contributed by atoms with E-state index in [1.807, 2.05) is 19.1 Å². The van der Waals surface area contributed by atoms with Crippen molar-refractivity contribution < 1.29 is 4.74 Å². The first-order valence-corrected chi connectivity index (χ1v) is 3.47. The molecule has 0 radical (unpaired) electrons. The predicted octanol–water partition coefficient (Wildman–Crippen LogP) is 2.29. The van der Waals surface area contributed by atoms with Gasteiger partial charge in [0.15, 0.2) is 0 Å². The third-order valence-corrected chi connectivity index (χ3v) is 1.19. The molecule has 0 atom stereocenters. The van der Waals surface area contributed by atoms with E-state index in [4.69, 9.17) is 10.1 Å². The monoisotopic (exact) mass is 222 g/mol. The van der Waals surface area contributed by atoms with Gasteiger partial charge in [-0.25, -0.2) is 0 Å². The van der Waals surface area contributed by atoms with Crippen LogP contribution >= 0.6 is 24.8 Å². The van der Waals surface area contributed by atoms with Crippen LogP contribution in [0.2, 0.25) is 0 Å². The Morgan fingerprint density at radius 3 is 2.62 bits per heavy atom. The molecule has 0 saturated heterocycles. The zero-order valence-corrected chi connectivity index (χ0v) is 8.82. The first-order valence-electron chi connectivity index (χ1n) is 3.47. The smallest absolute Gasteiger partial charge is 0.232 e. The zero-order valence-electron chi connectivity index (χ0n) is 7.19. The van der Waals surface area contributed by atoms with Crippen molar-refractivity contribution in [3.63, 3.8) is 0 Å². The summed E-state index contributed by atoms with van der Waals surface area (Å²) in [5, 5.41) is 7.34. The number of halogens is 2. The average Bonchev–Trinajstić information content (AvgIpc) is 2.07. The lowest BCUT2D eigenvalue weighted by molar-refractivity contribution is 0.324. The Bertz CT molecular complexity index is 241. The largest absolute Gasteiger partial charge is 0.477 e. The Morgan fingerprint density at radius 1 is 1.46 bits per heavy atom. The lowest BCUT2D eigenvalue weighted by atomic mass is 10.3. The lowest BCUT2D eigenvalue weighted by Crippen LogP contribution is -2.06. The Balaban J connectivity index is 0. The van der Waals surface area contributed by atoms with E-state index in [-0.39, 0.29) is 30.7 Å². The third-order valence-electron chi connectivity index (χ3n) is 1.19. The molecule has 0 amide bonds. The number of hydrogen-bond acceptors (Lipinski definition) is 3. The summed E-state index contributed by atoms with van der Waals surface area (Å²) >= 11 is 0. The van der Waals surface area contributed by atoms with E-state index < -0.39 is 0 Å². The van der Waals surface area contributed by atoms with Crippen molar-refractivity contribution in [3.8, 4) is 0 Å². The molecule has 1 heterocycles. The highest BCUT2D eigenvalue weighted by molar-refractivity contribution is 5.89. The molecule has 0 aliphatic heterocycles. The van der Waals surface area contributed by atoms with Gasteiger partial charge in [0, 0.05) is 6.20 Å². The van der Waals surface area contributed by atoms with Crippen molar-refractivity contribution in [3.05, 3.63) is 30.1 Å². The summed E-state index contributed by atoms with van der Waals surface area (Å²) in [6.45, 7) is 2.35. The van der Waals surface area contributed by atoms with Crippen molar-refractivity contribution in [1.82, 2.24) is 4.98 Å². The van der Waals surface area contributed by atoms with Gasteiger partial charge < -0.3 is 4.74 Å². The van der Waals surface area contributed by atoms with Crippen LogP contribution in [0.25, 0.3) is 0 Å². The maximum atomic E-state index is 7.34. The Kier molecular flexibility index (Phi) is 8.86. The topological polar surface area (TPSA) is 46.0 Å². The fourth-order valence-electron chi connectivity index (χ4n) is 0.715. The first kappa shape index (κ1) is 14.7. The number of nitrogens with one attached hydrogen (secondary N) is 1. The molecule has 1 aromatic heterocycles. The van der Waals surface area contributed by atoms with Crippen molar-refractivity contribution in [2.24, 2.45) is 0 Å². The molecule has 0 saturated carbocycles. The summed E-state index contributed by atoms with van der Waals surface area (Å²) in [7, 11) is 0. The van der Waals surface area contributed by atoms with E-state index >= 15 is 0 Å². The minimum Gasteiger partial charge on any atom is -0.477 e. The minimum atomic E-state index is 0. The SMILES string of the molecule is CCOC(=N)c1ccccn1.Cl.Cl. The quantitative estimate of drug-likeness (QED) is 0.617. The van der Waals surface area contributed by atoms with Gasteiger partial charge in [0.1, 0.15) is 5.69 Å². The molecule has 1 aromatic rings. The van der Waals surface area contributed by atoms with Gasteiger partial charge in [-0.2, -0.15) is 0 Å². The number of nitrogens with zero attached hydrogens (tertiary/aromatic N) is 1. The number of hydrogen-bond donors (Lipinski definition) is 1. The number of rotatable bonds is 2. The van der Waals surface area contributed by atoms with Crippen molar-refractivity contribution in [2.75, 3.05) is 6.61 Å². The molecule has 0 bridgehead atoms. The molecule has 1 rings (SSSR count). The predicted molar refractivity (Wildman–Crippen MR) is 57.2 cm³/mol. The van der Waals surface area contributed by atoms with E-state index in [1.165, 1.54) is 0 Å². The van der Waals surface area contributed by atoms with Crippen LogP contribution in [0.1, 0.15) is 12.6 Å². The van der Waals surface area contributed by atoms with Crippen molar-refractivity contribution >= 4 is 30.7 Å². The van der Waals surface area contributed by atoms with Gasteiger partial charge in [0.2, 0.25) is 5.90 Å². The van der Waals surface area contributed by atoms with Gasteiger partial charge in [-0.05, 0) is 19.1 Å². The standard InChI is InChI=1S/C8H10N2O.2ClH/c1-2-11-8(9)7-5-3-4-6-10-7;;/h3-6,9H,2H2,1H3;2*1H. The van der Waals surface area contributed by atoms with Crippen LogP contribution in [0.15, 0.2) is 24.4 Å². The summed E-state index contributed by atoms with van der Waals surface area (Å²) in [5.41, 5.74) is 0.578. The van der Waals surface area contributed by atoms with Gasteiger partial charge in [-0.1, -0.05) is 6.07 Å². The fraction of sp³-hybridized carbons (Fsp3) is 0.250. The molecule has 0 aliphatic rings. The minimum absolute atomic E-state index is 0. The third kappa shape index (κ3) is 4.70. The summed E-state index contributed by atoms with van der Waals surface area (Å²) in [6, 6.07) is 5.39. The maximum absolute atomic E-state index is 7.34. The van der Waals surface area contributed by atoms with E-state index in [0.717, 1.165) is 0 Å².